The molecule has 5 nitrogen and oxygen atoms in total. The Labute approximate surface area is 192 Å². The predicted molar refractivity (Wildman–Crippen MR) is 128 cm³/mol. The molecular formula is C26H28N4OS. The second-order valence-corrected chi connectivity index (χ2v) is 10.0. The number of aromatic nitrogens is 3. The Bertz CT molecular complexity index is 1190. The SMILES string of the molecule is Cc1nc2ccccc2n1[C@H]1C[C@H]2CN(Cc3ccsc3)C[C@H]2C[C@@H]1Oc1ccccn1. The van der Waals surface area contributed by atoms with Crippen molar-refractivity contribution in [3.05, 3.63) is 76.9 Å². The number of aryl methyl sites for hydroxylation is 1. The average molecular weight is 445 g/mol. The predicted octanol–water partition coefficient (Wildman–Crippen LogP) is 5.33. The van der Waals surface area contributed by atoms with E-state index in [1.54, 1.807) is 11.3 Å². The van der Waals surface area contributed by atoms with Crippen LogP contribution < -0.4 is 4.74 Å². The Morgan fingerprint density at radius 3 is 2.69 bits per heavy atom. The number of thiophene rings is 1. The van der Waals surface area contributed by atoms with Crippen LogP contribution in [0, 0.1) is 18.8 Å². The van der Waals surface area contributed by atoms with Gasteiger partial charge in [-0.05, 0) is 72.2 Å². The quantitative estimate of drug-likeness (QED) is 0.417. The molecule has 1 aliphatic heterocycles. The molecule has 0 unspecified atom stereocenters. The first-order chi connectivity index (χ1) is 15.7. The minimum atomic E-state index is 0.0866. The minimum absolute atomic E-state index is 0.0866. The largest absolute Gasteiger partial charge is 0.472 e. The number of hydrogen-bond acceptors (Lipinski definition) is 5. The number of benzene rings is 1. The number of fused-ring (bicyclic) bond motifs is 2. The van der Waals surface area contributed by atoms with Gasteiger partial charge in [0.1, 0.15) is 11.9 Å². The summed E-state index contributed by atoms with van der Waals surface area (Å²) in [5, 5.41) is 4.46. The van der Waals surface area contributed by atoms with Crippen molar-refractivity contribution in [1.82, 2.24) is 19.4 Å². The van der Waals surface area contributed by atoms with Crippen molar-refractivity contribution < 1.29 is 4.74 Å². The lowest BCUT2D eigenvalue weighted by atomic mass is 9.77. The number of pyridine rings is 1. The molecule has 6 heteroatoms. The second kappa shape index (κ2) is 8.34. The van der Waals surface area contributed by atoms with Crippen LogP contribution in [-0.4, -0.2) is 38.6 Å². The van der Waals surface area contributed by atoms with E-state index in [4.69, 9.17) is 9.72 Å². The number of nitrogens with zero attached hydrogens (tertiary/aromatic N) is 4. The first kappa shape index (κ1) is 19.9. The summed E-state index contributed by atoms with van der Waals surface area (Å²) in [7, 11) is 0. The third-order valence-electron chi connectivity index (χ3n) is 7.16. The smallest absolute Gasteiger partial charge is 0.213 e. The van der Waals surface area contributed by atoms with Gasteiger partial charge in [-0.2, -0.15) is 11.3 Å². The normalized spacial score (nSPS) is 25.8. The third kappa shape index (κ3) is 3.71. The number of para-hydroxylation sites is 2. The summed E-state index contributed by atoms with van der Waals surface area (Å²) < 4.78 is 9.00. The van der Waals surface area contributed by atoms with Crippen LogP contribution in [0.25, 0.3) is 11.0 Å². The molecule has 0 amide bonds. The van der Waals surface area contributed by atoms with Crippen LogP contribution in [0.2, 0.25) is 0 Å². The maximum Gasteiger partial charge on any atom is 0.213 e. The van der Waals surface area contributed by atoms with Gasteiger partial charge in [-0.15, -0.1) is 0 Å². The molecule has 164 valence electrons. The topological polar surface area (TPSA) is 43.2 Å². The van der Waals surface area contributed by atoms with Crippen LogP contribution in [0.4, 0.5) is 0 Å². The number of rotatable bonds is 5. The number of ether oxygens (including phenoxy) is 1. The molecule has 32 heavy (non-hydrogen) atoms. The Morgan fingerprint density at radius 2 is 1.88 bits per heavy atom. The molecule has 4 atom stereocenters. The lowest BCUT2D eigenvalue weighted by Gasteiger charge is -2.39. The molecule has 1 aromatic carbocycles. The van der Waals surface area contributed by atoms with E-state index in [0.717, 1.165) is 43.2 Å². The van der Waals surface area contributed by atoms with E-state index >= 15 is 0 Å². The summed E-state index contributed by atoms with van der Waals surface area (Å²) in [6.07, 6.45) is 4.07. The van der Waals surface area contributed by atoms with E-state index in [1.807, 2.05) is 24.4 Å². The molecule has 0 bridgehead atoms. The van der Waals surface area contributed by atoms with Gasteiger partial charge in [0, 0.05) is 31.9 Å². The lowest BCUT2D eigenvalue weighted by molar-refractivity contribution is 0.0522. The Kier molecular flexibility index (Phi) is 5.20. The summed E-state index contributed by atoms with van der Waals surface area (Å²) >= 11 is 1.79. The average Bonchev–Trinajstić information content (AvgIpc) is 3.52. The minimum Gasteiger partial charge on any atom is -0.472 e. The molecule has 0 N–H and O–H groups in total. The highest BCUT2D eigenvalue weighted by Gasteiger charge is 2.44. The molecule has 0 spiro atoms. The van der Waals surface area contributed by atoms with Gasteiger partial charge in [0.05, 0.1) is 17.1 Å². The summed E-state index contributed by atoms with van der Waals surface area (Å²) in [4.78, 5) is 12.0. The van der Waals surface area contributed by atoms with Crippen molar-refractivity contribution in [3.63, 3.8) is 0 Å². The van der Waals surface area contributed by atoms with Crippen LogP contribution in [0.5, 0.6) is 5.88 Å². The standard InChI is InChI=1S/C26H28N4OS/c1-18-28-22-6-2-3-7-23(22)30(18)24-12-20-15-29(14-19-9-11-32-17-19)16-21(20)13-25(24)31-26-8-4-5-10-27-26/h2-11,17,20-21,24-25H,12-16H2,1H3/t20-,21+,24-,25-/m0/s1. The molecular weight excluding hydrogens is 416 g/mol. The summed E-state index contributed by atoms with van der Waals surface area (Å²) in [6, 6.07) is 16.9. The summed E-state index contributed by atoms with van der Waals surface area (Å²) in [6.45, 7) is 5.50. The van der Waals surface area contributed by atoms with E-state index < -0.39 is 0 Å². The van der Waals surface area contributed by atoms with E-state index in [9.17, 15) is 0 Å². The Balaban J connectivity index is 1.32. The van der Waals surface area contributed by atoms with Crippen LogP contribution in [0.3, 0.4) is 0 Å². The van der Waals surface area contributed by atoms with E-state index in [-0.39, 0.29) is 12.1 Å². The van der Waals surface area contributed by atoms with Gasteiger partial charge in [0.2, 0.25) is 5.88 Å². The molecule has 4 heterocycles. The maximum atomic E-state index is 6.57. The van der Waals surface area contributed by atoms with Crippen molar-refractivity contribution in [2.24, 2.45) is 11.8 Å². The summed E-state index contributed by atoms with van der Waals surface area (Å²) in [5.74, 6) is 3.13. The van der Waals surface area contributed by atoms with Gasteiger partial charge in [-0.25, -0.2) is 9.97 Å². The second-order valence-electron chi connectivity index (χ2n) is 9.23. The van der Waals surface area contributed by atoms with Gasteiger partial charge in [-0.1, -0.05) is 18.2 Å². The molecule has 2 aliphatic rings. The molecule has 3 aromatic heterocycles. The van der Waals surface area contributed by atoms with Gasteiger partial charge in [0.15, 0.2) is 0 Å². The third-order valence-corrected chi connectivity index (χ3v) is 7.89. The highest BCUT2D eigenvalue weighted by molar-refractivity contribution is 7.07. The fourth-order valence-electron chi connectivity index (χ4n) is 5.81. The fraction of sp³-hybridized carbons (Fsp3) is 0.385. The summed E-state index contributed by atoms with van der Waals surface area (Å²) in [5.41, 5.74) is 3.70. The fourth-order valence-corrected chi connectivity index (χ4v) is 6.47. The van der Waals surface area contributed by atoms with Crippen molar-refractivity contribution in [2.75, 3.05) is 13.1 Å². The molecule has 1 saturated carbocycles. The molecule has 0 radical (unpaired) electrons. The molecule has 1 aliphatic carbocycles. The van der Waals surface area contributed by atoms with E-state index in [0.29, 0.717) is 11.8 Å². The first-order valence-electron chi connectivity index (χ1n) is 11.5. The molecule has 2 fully saturated rings. The highest BCUT2D eigenvalue weighted by atomic mass is 32.1. The van der Waals surface area contributed by atoms with Crippen LogP contribution >= 0.6 is 11.3 Å². The van der Waals surface area contributed by atoms with Crippen molar-refractivity contribution in [2.45, 2.75) is 38.5 Å². The molecule has 1 saturated heterocycles. The lowest BCUT2D eigenvalue weighted by Crippen LogP contribution is -2.40. The van der Waals surface area contributed by atoms with Gasteiger partial charge < -0.3 is 9.30 Å². The van der Waals surface area contributed by atoms with Crippen molar-refractivity contribution in [3.8, 4) is 5.88 Å². The zero-order valence-electron chi connectivity index (χ0n) is 18.3. The zero-order valence-corrected chi connectivity index (χ0v) is 19.1. The van der Waals surface area contributed by atoms with E-state index in [1.165, 1.54) is 17.6 Å². The van der Waals surface area contributed by atoms with Gasteiger partial charge >= 0.3 is 0 Å². The maximum absolute atomic E-state index is 6.57. The van der Waals surface area contributed by atoms with Crippen LogP contribution in [-0.2, 0) is 6.54 Å². The Morgan fingerprint density at radius 1 is 1.03 bits per heavy atom. The molecule has 4 aromatic rings. The number of imidazole rings is 1. The number of likely N-dealkylation sites (tertiary alicyclic amines) is 1. The van der Waals surface area contributed by atoms with Gasteiger partial charge in [0.25, 0.3) is 0 Å². The van der Waals surface area contributed by atoms with E-state index in [2.05, 4.69) is 62.5 Å². The molecule has 6 rings (SSSR count). The van der Waals surface area contributed by atoms with Crippen LogP contribution in [0.15, 0.2) is 65.5 Å². The number of hydrogen-bond donors (Lipinski definition) is 0. The van der Waals surface area contributed by atoms with Crippen molar-refractivity contribution >= 4 is 22.4 Å². The Hall–Kier alpha value is -2.70. The monoisotopic (exact) mass is 444 g/mol. The van der Waals surface area contributed by atoms with Gasteiger partial charge in [-0.3, -0.25) is 4.90 Å². The first-order valence-corrected chi connectivity index (χ1v) is 12.4. The zero-order chi connectivity index (χ0) is 21.5. The highest BCUT2D eigenvalue weighted by Crippen LogP contribution is 2.44. The van der Waals surface area contributed by atoms with Crippen molar-refractivity contribution in [1.29, 1.82) is 0 Å². The van der Waals surface area contributed by atoms with Crippen LogP contribution in [0.1, 0.15) is 30.3 Å².